The Bertz CT molecular complexity index is 185. The van der Waals surface area contributed by atoms with Gasteiger partial charge in [-0.15, -0.1) is 48.0 Å². The summed E-state index contributed by atoms with van der Waals surface area (Å²) in [5.74, 6) is 0.802. The molecule has 0 aromatic heterocycles. The van der Waals surface area contributed by atoms with Crippen molar-refractivity contribution in [3.8, 4) is 5.75 Å². The summed E-state index contributed by atoms with van der Waals surface area (Å²) < 4.78 is 5.11. The fourth-order valence-electron chi connectivity index (χ4n) is 0.680. The van der Waals surface area contributed by atoms with Crippen molar-refractivity contribution in [3.05, 3.63) is 30.3 Å². The van der Waals surface area contributed by atoms with Gasteiger partial charge < -0.3 is 9.84 Å². The van der Waals surface area contributed by atoms with Crippen molar-refractivity contribution in [1.82, 2.24) is 0 Å². The van der Waals surface area contributed by atoms with Gasteiger partial charge in [0.05, 0.1) is 6.61 Å². The topological polar surface area (TPSA) is 29.5 Å². The summed E-state index contributed by atoms with van der Waals surface area (Å²) in [4.78, 5) is 0. The summed E-state index contributed by atoms with van der Waals surface area (Å²) in [6.07, 6.45) is 0. The number of hydrogen-bond acceptors (Lipinski definition) is 2. The number of hydrogen-bond donors (Lipinski definition) is 1. The van der Waals surface area contributed by atoms with Crippen LogP contribution < -0.4 is 4.74 Å². The van der Waals surface area contributed by atoms with Gasteiger partial charge >= 0.3 is 0 Å². The minimum absolute atomic E-state index is 0. The van der Waals surface area contributed by atoms with Crippen LogP contribution in [0.5, 0.6) is 5.75 Å². The van der Waals surface area contributed by atoms with E-state index in [4.69, 9.17) is 9.84 Å². The third-order valence-corrected chi connectivity index (χ3v) is 1.10. The Morgan fingerprint density at radius 2 is 1.62 bits per heavy atom. The smallest absolute Gasteiger partial charge is 0.119 e. The zero-order chi connectivity index (χ0) is 7.23. The molecule has 0 amide bonds. The predicted molar refractivity (Wildman–Crippen MR) is 69.9 cm³/mol. The zero-order valence-electron chi connectivity index (χ0n) is 6.83. The van der Waals surface area contributed by atoms with Gasteiger partial charge in [0.2, 0.25) is 0 Å². The predicted octanol–water partition coefficient (Wildman–Crippen LogP) is 2.29. The first kappa shape index (κ1) is 19.6. The second-order valence-electron chi connectivity index (χ2n) is 1.89. The summed E-state index contributed by atoms with van der Waals surface area (Å²) in [7, 11) is 0. The molecule has 0 unspecified atom stereocenters. The summed E-state index contributed by atoms with van der Waals surface area (Å²) in [5.41, 5.74) is 0. The molecule has 13 heavy (non-hydrogen) atoms. The second-order valence-corrected chi connectivity index (χ2v) is 1.89. The van der Waals surface area contributed by atoms with Crippen molar-refractivity contribution < 1.29 is 29.6 Å². The quantitative estimate of drug-likeness (QED) is 0.554. The maximum absolute atomic E-state index is 8.40. The normalized spacial score (nSPS) is 7.15. The van der Waals surface area contributed by atoms with Gasteiger partial charge in [-0.25, -0.2) is 0 Å². The molecule has 1 aromatic rings. The molecule has 1 aromatic carbocycles. The molecule has 5 heteroatoms. The number of rotatable bonds is 3. The average molecular weight is 584 g/mol. The Morgan fingerprint density at radius 3 is 2.08 bits per heavy atom. The van der Waals surface area contributed by atoms with Crippen LogP contribution in [0.3, 0.4) is 0 Å². The molecule has 1 N–H and O–H groups in total. The van der Waals surface area contributed by atoms with E-state index in [1.54, 1.807) is 0 Å². The molecule has 0 heterocycles. The Labute approximate surface area is 126 Å². The third-order valence-electron chi connectivity index (χ3n) is 1.10. The average Bonchev–Trinajstić information content (AvgIpc) is 2.03. The van der Waals surface area contributed by atoms with E-state index in [2.05, 4.69) is 0 Å². The summed E-state index contributed by atoms with van der Waals surface area (Å²) in [5, 5.41) is 8.40. The van der Waals surface area contributed by atoms with E-state index in [0.717, 1.165) is 5.75 Å². The van der Waals surface area contributed by atoms with Crippen molar-refractivity contribution in [2.24, 2.45) is 0 Å². The van der Waals surface area contributed by atoms with Crippen LogP contribution >= 0.6 is 48.0 Å². The minimum atomic E-state index is 0. The number of aliphatic hydroxyl groups is 1. The fraction of sp³-hybridized carbons (Fsp3) is 0.250. The monoisotopic (exact) mass is 586 g/mol. The largest absolute Gasteiger partial charge is 0.491 e. The molecule has 78 valence electrons. The number of halogens is 2. The molecule has 0 aliphatic carbocycles. The molecule has 0 aliphatic heterocycles. The molecule has 1 rings (SSSR count). The molecule has 0 radical (unpaired) electrons. The third kappa shape index (κ3) is 9.38. The van der Waals surface area contributed by atoms with Gasteiger partial charge in [0.15, 0.2) is 0 Å². The molecule has 0 fully saturated rings. The molecular weight excluding hydrogens is 572 g/mol. The fourth-order valence-corrected chi connectivity index (χ4v) is 0.680. The summed E-state index contributed by atoms with van der Waals surface area (Å²) in [6, 6.07) is 9.43. The Kier molecular flexibility index (Phi) is 19.7. The van der Waals surface area contributed by atoms with Crippen LogP contribution in [0.2, 0.25) is 0 Å². The first-order valence-electron chi connectivity index (χ1n) is 3.22. The van der Waals surface area contributed by atoms with Crippen LogP contribution in [0.4, 0.5) is 0 Å². The molecule has 0 spiro atoms. The van der Waals surface area contributed by atoms with E-state index in [9.17, 15) is 0 Å². The SMILES string of the molecule is I.I.OCCOc1ccccc1.[Os]. The maximum Gasteiger partial charge on any atom is 0.119 e. The number of aliphatic hydroxyl groups excluding tert-OH is 1. The van der Waals surface area contributed by atoms with Gasteiger partial charge in [-0.05, 0) is 12.1 Å². The van der Waals surface area contributed by atoms with Gasteiger partial charge in [0, 0.05) is 19.8 Å². The number of para-hydroxylation sites is 1. The van der Waals surface area contributed by atoms with Crippen LogP contribution in [0.25, 0.3) is 0 Å². The van der Waals surface area contributed by atoms with E-state index in [0.29, 0.717) is 6.61 Å². The first-order valence-corrected chi connectivity index (χ1v) is 3.22. The van der Waals surface area contributed by atoms with Gasteiger partial charge in [0.1, 0.15) is 12.4 Å². The Balaban J connectivity index is -0.000000333. The Morgan fingerprint density at radius 1 is 1.08 bits per heavy atom. The van der Waals surface area contributed by atoms with E-state index >= 15 is 0 Å². The van der Waals surface area contributed by atoms with Gasteiger partial charge in [0.25, 0.3) is 0 Å². The standard InChI is InChI=1S/C8H10O2.2HI.Os/c9-6-7-10-8-4-2-1-3-5-8;;;/h1-5,9H,6-7H2;2*1H;. The summed E-state index contributed by atoms with van der Waals surface area (Å²) in [6.45, 7) is 0.429. The van der Waals surface area contributed by atoms with E-state index in [1.165, 1.54) is 0 Å². The molecule has 0 atom stereocenters. The minimum Gasteiger partial charge on any atom is -0.491 e. The van der Waals surface area contributed by atoms with E-state index < -0.39 is 0 Å². The van der Waals surface area contributed by atoms with Crippen molar-refractivity contribution in [1.29, 1.82) is 0 Å². The van der Waals surface area contributed by atoms with Crippen LogP contribution in [-0.4, -0.2) is 18.3 Å². The van der Waals surface area contributed by atoms with Crippen LogP contribution in [0, 0.1) is 0 Å². The van der Waals surface area contributed by atoms with E-state index in [-0.39, 0.29) is 74.4 Å². The molecular formula is C8H12I2O2Os. The second kappa shape index (κ2) is 13.1. The zero-order valence-corrected chi connectivity index (χ0v) is 14.0. The van der Waals surface area contributed by atoms with Crippen molar-refractivity contribution in [2.75, 3.05) is 13.2 Å². The number of ether oxygens (including phenoxy) is 1. The van der Waals surface area contributed by atoms with Crippen molar-refractivity contribution in [3.63, 3.8) is 0 Å². The first-order chi connectivity index (χ1) is 4.93. The molecule has 0 bridgehead atoms. The van der Waals surface area contributed by atoms with Crippen LogP contribution in [-0.2, 0) is 19.8 Å². The van der Waals surface area contributed by atoms with Crippen molar-refractivity contribution in [2.45, 2.75) is 0 Å². The van der Waals surface area contributed by atoms with Gasteiger partial charge in [-0.3, -0.25) is 0 Å². The number of benzene rings is 1. The molecule has 0 aliphatic rings. The maximum atomic E-state index is 8.40. The molecule has 0 saturated carbocycles. The summed E-state index contributed by atoms with van der Waals surface area (Å²) >= 11 is 0. The van der Waals surface area contributed by atoms with Crippen molar-refractivity contribution >= 4 is 48.0 Å². The van der Waals surface area contributed by atoms with Gasteiger partial charge in [-0.2, -0.15) is 0 Å². The van der Waals surface area contributed by atoms with Crippen LogP contribution in [0.15, 0.2) is 30.3 Å². The molecule has 0 saturated heterocycles. The van der Waals surface area contributed by atoms with Crippen LogP contribution in [0.1, 0.15) is 0 Å². The van der Waals surface area contributed by atoms with E-state index in [1.807, 2.05) is 30.3 Å². The Hall–Kier alpha value is 1.08. The molecule has 2 nitrogen and oxygen atoms in total. The van der Waals surface area contributed by atoms with Gasteiger partial charge in [-0.1, -0.05) is 18.2 Å².